The number of halogens is 1. The van der Waals surface area contributed by atoms with Gasteiger partial charge in [0.15, 0.2) is 10.3 Å². The number of hydrogen-bond donors (Lipinski definition) is 0. The van der Waals surface area contributed by atoms with E-state index in [0.717, 1.165) is 17.4 Å². The number of pyridine rings is 1. The van der Waals surface area contributed by atoms with Crippen molar-refractivity contribution in [1.82, 2.24) is 14.8 Å². The number of carbonyl (C=O) groups excluding carboxylic acids is 2. The molecule has 2 aromatic rings. The molecule has 0 unspecified atom stereocenters. The van der Waals surface area contributed by atoms with Crippen LogP contribution in [0.5, 0.6) is 0 Å². The maximum atomic E-state index is 12.3. The van der Waals surface area contributed by atoms with Crippen LogP contribution in [0.25, 0.3) is 5.69 Å². The molecule has 6 nitrogen and oxygen atoms in total. The Morgan fingerprint density at radius 1 is 1.43 bits per heavy atom. The molecule has 2 heterocycles. The van der Waals surface area contributed by atoms with E-state index >= 15 is 0 Å². The summed E-state index contributed by atoms with van der Waals surface area (Å²) in [7, 11) is 0. The molecular weight excluding hydrogens is 336 g/mol. The summed E-state index contributed by atoms with van der Waals surface area (Å²) in [5.41, 5.74) is 1.31. The lowest BCUT2D eigenvalue weighted by Gasteiger charge is -2.19. The molecule has 0 fully saturated rings. The third-order valence-electron chi connectivity index (χ3n) is 3.09. The molecule has 0 radical (unpaired) electrons. The van der Waals surface area contributed by atoms with Gasteiger partial charge in [-0.05, 0) is 19.1 Å². The molecule has 122 valence electrons. The van der Waals surface area contributed by atoms with E-state index in [1.165, 1.54) is 6.92 Å². The van der Waals surface area contributed by atoms with Crippen molar-refractivity contribution in [3.63, 3.8) is 0 Å². The van der Waals surface area contributed by atoms with Gasteiger partial charge in [-0.2, -0.15) is 5.10 Å². The van der Waals surface area contributed by atoms with Gasteiger partial charge in [0.2, 0.25) is 5.91 Å². The Morgan fingerprint density at radius 3 is 2.83 bits per heavy atom. The Balaban J connectivity index is 2.16. The molecule has 0 aromatic carbocycles. The van der Waals surface area contributed by atoms with Crippen LogP contribution >= 0.6 is 23.4 Å². The van der Waals surface area contributed by atoms with Gasteiger partial charge in [-0.1, -0.05) is 23.4 Å². The van der Waals surface area contributed by atoms with Gasteiger partial charge in [-0.3, -0.25) is 14.6 Å². The van der Waals surface area contributed by atoms with Crippen molar-refractivity contribution in [3.05, 3.63) is 35.9 Å². The molecule has 1 amide bonds. The van der Waals surface area contributed by atoms with Crippen LogP contribution in [0, 0.1) is 0 Å². The molecule has 23 heavy (non-hydrogen) atoms. The highest BCUT2D eigenvalue weighted by Crippen LogP contribution is 2.26. The number of anilines is 1. The summed E-state index contributed by atoms with van der Waals surface area (Å²) in [6, 6.07) is 3.65. The van der Waals surface area contributed by atoms with Crippen molar-refractivity contribution in [3.8, 4) is 5.69 Å². The second-order valence-corrected chi connectivity index (χ2v) is 6.32. The molecule has 2 rings (SSSR count). The average Bonchev–Trinajstić information content (AvgIpc) is 2.90. The minimum atomic E-state index is -0.0890. The number of nitrogens with zero attached hydrogens (tertiary/aromatic N) is 4. The van der Waals surface area contributed by atoms with Crippen molar-refractivity contribution < 1.29 is 9.59 Å². The van der Waals surface area contributed by atoms with E-state index in [0.29, 0.717) is 18.0 Å². The molecule has 0 aliphatic carbocycles. The predicted octanol–water partition coefficient (Wildman–Crippen LogP) is 2.94. The van der Waals surface area contributed by atoms with Crippen molar-refractivity contribution in [2.24, 2.45) is 0 Å². The highest BCUT2D eigenvalue weighted by molar-refractivity contribution is 8.13. The Bertz CT molecular complexity index is 690. The van der Waals surface area contributed by atoms with Gasteiger partial charge >= 0.3 is 0 Å². The van der Waals surface area contributed by atoms with Crippen LogP contribution in [-0.4, -0.2) is 38.1 Å². The van der Waals surface area contributed by atoms with Gasteiger partial charge < -0.3 is 4.90 Å². The van der Waals surface area contributed by atoms with Gasteiger partial charge in [0.25, 0.3) is 0 Å². The van der Waals surface area contributed by atoms with Gasteiger partial charge in [-0.15, -0.1) is 0 Å². The highest BCUT2D eigenvalue weighted by Gasteiger charge is 2.20. The number of thioether (sulfide) groups is 1. The first-order valence-corrected chi connectivity index (χ1v) is 8.48. The van der Waals surface area contributed by atoms with Crippen LogP contribution in [0.3, 0.4) is 0 Å². The third-order valence-corrected chi connectivity index (χ3v) is 4.18. The zero-order valence-electron chi connectivity index (χ0n) is 12.9. The maximum Gasteiger partial charge on any atom is 0.227 e. The minimum Gasteiger partial charge on any atom is -0.308 e. The fourth-order valence-corrected chi connectivity index (χ4v) is 2.84. The zero-order chi connectivity index (χ0) is 16.8. The second-order valence-electron chi connectivity index (χ2n) is 4.69. The molecule has 0 saturated carbocycles. The van der Waals surface area contributed by atoms with E-state index in [1.807, 2.05) is 13.0 Å². The topological polar surface area (TPSA) is 68.1 Å². The summed E-state index contributed by atoms with van der Waals surface area (Å²) < 4.78 is 1.59. The lowest BCUT2D eigenvalue weighted by molar-refractivity contribution is -0.118. The van der Waals surface area contributed by atoms with E-state index in [-0.39, 0.29) is 22.6 Å². The highest BCUT2D eigenvalue weighted by atomic mass is 35.5. The van der Waals surface area contributed by atoms with E-state index in [9.17, 15) is 9.59 Å². The molecule has 0 atom stereocenters. The Labute approximate surface area is 143 Å². The molecule has 0 N–H and O–H groups in total. The number of aromatic nitrogens is 3. The number of rotatable bonds is 6. The third kappa shape index (κ3) is 4.56. The van der Waals surface area contributed by atoms with Crippen LogP contribution in [0.2, 0.25) is 5.15 Å². The molecule has 0 spiro atoms. The molecule has 2 aromatic heterocycles. The van der Waals surface area contributed by atoms with E-state index in [2.05, 4.69) is 10.1 Å². The molecule has 0 saturated heterocycles. The van der Waals surface area contributed by atoms with Crippen LogP contribution in [0.1, 0.15) is 20.3 Å². The molecule has 0 aliphatic heterocycles. The SMILES string of the molecule is CCN(C(=O)CCSC(C)=O)c1cn(-c2cccnc2)nc1Cl. The summed E-state index contributed by atoms with van der Waals surface area (Å²) in [6.45, 7) is 3.83. The molecule has 8 heteroatoms. The fraction of sp³-hybridized carbons (Fsp3) is 0.333. The van der Waals surface area contributed by atoms with Gasteiger partial charge in [0, 0.05) is 31.8 Å². The van der Waals surface area contributed by atoms with Gasteiger partial charge in [0.05, 0.1) is 18.1 Å². The van der Waals surface area contributed by atoms with E-state index < -0.39 is 0 Å². The standard InChI is InChI=1S/C15H17ClN4O2S/c1-3-19(14(22)6-8-23-11(2)21)13-10-20(18-15(13)16)12-5-4-7-17-9-12/h4-5,7,9-10H,3,6,8H2,1-2H3. The zero-order valence-corrected chi connectivity index (χ0v) is 14.5. The smallest absolute Gasteiger partial charge is 0.227 e. The quantitative estimate of drug-likeness (QED) is 0.799. The predicted molar refractivity (Wildman–Crippen MR) is 92.2 cm³/mol. The van der Waals surface area contributed by atoms with Crippen molar-refractivity contribution in [2.45, 2.75) is 20.3 Å². The monoisotopic (exact) mass is 352 g/mol. The number of carbonyl (C=O) groups is 2. The largest absolute Gasteiger partial charge is 0.308 e. The summed E-state index contributed by atoms with van der Waals surface area (Å²) >= 11 is 7.33. The first-order valence-electron chi connectivity index (χ1n) is 7.12. The van der Waals surface area contributed by atoms with Crippen LogP contribution in [0.15, 0.2) is 30.7 Å². The lowest BCUT2D eigenvalue weighted by Crippen LogP contribution is -2.30. The minimum absolute atomic E-state index is 0.00304. The van der Waals surface area contributed by atoms with Gasteiger partial charge in [-0.25, -0.2) is 4.68 Å². The molecular formula is C15H17ClN4O2S. The summed E-state index contributed by atoms with van der Waals surface area (Å²) in [5, 5.41) is 4.49. The summed E-state index contributed by atoms with van der Waals surface area (Å²) in [4.78, 5) is 28.9. The first kappa shape index (κ1) is 17.5. The number of hydrogen-bond acceptors (Lipinski definition) is 5. The lowest BCUT2D eigenvalue weighted by atomic mass is 10.3. The first-order chi connectivity index (χ1) is 11.0. The normalized spacial score (nSPS) is 10.6. The number of amides is 1. The van der Waals surface area contributed by atoms with Crippen LogP contribution in [0.4, 0.5) is 5.69 Å². The van der Waals surface area contributed by atoms with E-state index in [4.69, 9.17) is 11.6 Å². The summed E-state index contributed by atoms with van der Waals surface area (Å²) in [6.07, 6.45) is 5.31. The van der Waals surface area contributed by atoms with Crippen LogP contribution in [-0.2, 0) is 9.59 Å². The van der Waals surface area contributed by atoms with Crippen molar-refractivity contribution >= 4 is 40.1 Å². The Kier molecular flexibility index (Phi) is 6.18. The Morgan fingerprint density at radius 2 is 2.22 bits per heavy atom. The fourth-order valence-electron chi connectivity index (χ4n) is 2.04. The maximum absolute atomic E-state index is 12.3. The van der Waals surface area contributed by atoms with Crippen molar-refractivity contribution in [2.75, 3.05) is 17.2 Å². The van der Waals surface area contributed by atoms with Gasteiger partial charge in [0.1, 0.15) is 5.69 Å². The van der Waals surface area contributed by atoms with Crippen LogP contribution < -0.4 is 4.90 Å². The molecule has 0 aliphatic rings. The van der Waals surface area contributed by atoms with Crippen molar-refractivity contribution in [1.29, 1.82) is 0 Å². The average molecular weight is 353 g/mol. The van der Waals surface area contributed by atoms with E-state index in [1.54, 1.807) is 34.2 Å². The summed E-state index contributed by atoms with van der Waals surface area (Å²) in [5.74, 6) is 0.368. The Hall–Kier alpha value is -1.86. The second kappa shape index (κ2) is 8.12. The molecule has 0 bridgehead atoms.